The summed E-state index contributed by atoms with van der Waals surface area (Å²) >= 11 is 0. The Morgan fingerprint density at radius 1 is 1.19 bits per heavy atom. The quantitative estimate of drug-likeness (QED) is 0.725. The maximum Gasteiger partial charge on any atom is 0.254 e. The fourth-order valence-corrected chi connectivity index (χ4v) is 1.89. The van der Waals surface area contributed by atoms with Crippen LogP contribution in [0, 0.1) is 17.5 Å². The van der Waals surface area contributed by atoms with Crippen molar-refractivity contribution in [2.45, 2.75) is 13.0 Å². The molecule has 4 nitrogen and oxygen atoms in total. The monoisotopic (exact) mass is 305 g/mol. The molecule has 0 bridgehead atoms. The second-order valence-corrected chi connectivity index (χ2v) is 4.55. The summed E-state index contributed by atoms with van der Waals surface area (Å²) in [6.45, 7) is 2.46. The number of carbonyl (C=O) groups excluding carboxylic acids is 1. The van der Waals surface area contributed by atoms with Crippen LogP contribution in [0.25, 0.3) is 0 Å². The van der Waals surface area contributed by atoms with Crippen molar-refractivity contribution in [3.8, 4) is 0 Å². The van der Waals surface area contributed by atoms with E-state index < -0.39 is 23.4 Å². The van der Waals surface area contributed by atoms with Gasteiger partial charge in [0.15, 0.2) is 17.5 Å². The average molecular weight is 305 g/mol. The first-order valence-corrected chi connectivity index (χ1v) is 6.35. The molecule has 0 aliphatic rings. The maximum absolute atomic E-state index is 13.2. The van der Waals surface area contributed by atoms with Crippen molar-refractivity contribution in [3.63, 3.8) is 0 Å². The van der Waals surface area contributed by atoms with Crippen molar-refractivity contribution < 1.29 is 27.4 Å². The Bertz CT molecular complexity index is 473. The molecule has 1 unspecified atom stereocenters. The summed E-state index contributed by atoms with van der Waals surface area (Å²) in [7, 11) is 2.95. The van der Waals surface area contributed by atoms with E-state index in [1.165, 1.54) is 19.1 Å². The number of nitrogens with zero attached hydrogens (tertiary/aromatic N) is 1. The van der Waals surface area contributed by atoms with Crippen LogP contribution in [0.4, 0.5) is 13.2 Å². The fraction of sp³-hybridized carbons (Fsp3) is 0.500. The highest BCUT2D eigenvalue weighted by Gasteiger charge is 2.23. The minimum atomic E-state index is -1.60. The summed E-state index contributed by atoms with van der Waals surface area (Å²) in [4.78, 5) is 13.7. The molecule has 1 aromatic carbocycles. The Balaban J connectivity index is 3.04. The van der Waals surface area contributed by atoms with E-state index in [2.05, 4.69) is 0 Å². The number of hydrogen-bond donors (Lipinski definition) is 0. The van der Waals surface area contributed by atoms with Gasteiger partial charge in [0.25, 0.3) is 5.91 Å². The third-order valence-electron chi connectivity index (χ3n) is 2.97. The van der Waals surface area contributed by atoms with Crippen LogP contribution in [0.15, 0.2) is 12.1 Å². The number of carbonyl (C=O) groups is 1. The van der Waals surface area contributed by atoms with Crippen LogP contribution in [0.5, 0.6) is 0 Å². The Labute approximate surface area is 121 Å². The highest BCUT2D eigenvalue weighted by atomic mass is 19.2. The summed E-state index contributed by atoms with van der Waals surface area (Å²) < 4.78 is 49.3. The van der Waals surface area contributed by atoms with Crippen LogP contribution in [0.2, 0.25) is 0 Å². The van der Waals surface area contributed by atoms with E-state index >= 15 is 0 Å². The number of ether oxygens (including phenoxy) is 2. The van der Waals surface area contributed by atoms with Gasteiger partial charge in [0.05, 0.1) is 19.3 Å². The molecule has 1 amide bonds. The molecule has 0 aromatic heterocycles. The lowest BCUT2D eigenvalue weighted by Crippen LogP contribution is -2.43. The Morgan fingerprint density at radius 2 is 1.76 bits per heavy atom. The maximum atomic E-state index is 13.2. The lowest BCUT2D eigenvalue weighted by molar-refractivity contribution is 0.0478. The van der Waals surface area contributed by atoms with E-state index in [0.29, 0.717) is 12.1 Å². The smallest absolute Gasteiger partial charge is 0.254 e. The lowest BCUT2D eigenvalue weighted by atomic mass is 10.1. The zero-order valence-electron chi connectivity index (χ0n) is 12.2. The standard InChI is InChI=1S/C14H18F3NO3/c1-9(8-21-3)18(4-5-20-2)14(19)10-6-11(15)13(17)12(16)7-10/h6-7,9H,4-5,8H2,1-3H3. The van der Waals surface area contributed by atoms with E-state index in [9.17, 15) is 18.0 Å². The van der Waals surface area contributed by atoms with Gasteiger partial charge in [-0.05, 0) is 19.1 Å². The molecule has 7 heteroatoms. The van der Waals surface area contributed by atoms with Gasteiger partial charge in [-0.2, -0.15) is 0 Å². The van der Waals surface area contributed by atoms with Crippen LogP contribution < -0.4 is 0 Å². The number of hydrogen-bond acceptors (Lipinski definition) is 3. The van der Waals surface area contributed by atoms with Gasteiger partial charge in [0, 0.05) is 26.3 Å². The predicted molar refractivity (Wildman–Crippen MR) is 70.6 cm³/mol. The summed E-state index contributed by atoms with van der Waals surface area (Å²) in [5, 5.41) is 0. The van der Waals surface area contributed by atoms with E-state index in [4.69, 9.17) is 9.47 Å². The zero-order valence-corrected chi connectivity index (χ0v) is 12.2. The molecule has 0 saturated heterocycles. The molecule has 0 heterocycles. The number of amides is 1. The van der Waals surface area contributed by atoms with Crippen molar-refractivity contribution >= 4 is 5.91 Å². The number of benzene rings is 1. The Hall–Kier alpha value is -1.60. The van der Waals surface area contributed by atoms with Gasteiger partial charge in [0.1, 0.15) is 0 Å². The predicted octanol–water partition coefficient (Wildman–Crippen LogP) is 2.23. The molecule has 0 radical (unpaired) electrons. The second-order valence-electron chi connectivity index (χ2n) is 4.55. The number of methoxy groups -OCH3 is 2. The average Bonchev–Trinajstić information content (AvgIpc) is 2.44. The molecular weight excluding hydrogens is 287 g/mol. The van der Waals surface area contributed by atoms with Crippen LogP contribution in [-0.2, 0) is 9.47 Å². The molecule has 21 heavy (non-hydrogen) atoms. The number of rotatable bonds is 7. The molecule has 0 spiro atoms. The van der Waals surface area contributed by atoms with Gasteiger partial charge >= 0.3 is 0 Å². The van der Waals surface area contributed by atoms with Gasteiger partial charge < -0.3 is 14.4 Å². The van der Waals surface area contributed by atoms with Gasteiger partial charge in [-0.15, -0.1) is 0 Å². The van der Waals surface area contributed by atoms with Crippen LogP contribution >= 0.6 is 0 Å². The first-order valence-electron chi connectivity index (χ1n) is 6.35. The van der Waals surface area contributed by atoms with Crippen molar-refractivity contribution in [1.82, 2.24) is 4.90 Å². The number of halogens is 3. The van der Waals surface area contributed by atoms with Crippen LogP contribution in [0.3, 0.4) is 0 Å². The molecule has 118 valence electrons. The molecule has 1 atom stereocenters. The summed E-state index contributed by atoms with van der Waals surface area (Å²) in [6.07, 6.45) is 0. The van der Waals surface area contributed by atoms with Crippen molar-refractivity contribution in [2.75, 3.05) is 34.0 Å². The molecular formula is C14H18F3NO3. The summed E-state index contributed by atoms with van der Waals surface area (Å²) in [5.74, 6) is -5.01. The highest BCUT2D eigenvalue weighted by Crippen LogP contribution is 2.16. The molecule has 0 N–H and O–H groups in total. The first kappa shape index (κ1) is 17.5. The first-order chi connectivity index (χ1) is 9.92. The Morgan fingerprint density at radius 3 is 2.24 bits per heavy atom. The molecule has 0 aliphatic heterocycles. The molecule has 0 saturated carbocycles. The van der Waals surface area contributed by atoms with Crippen molar-refractivity contribution in [3.05, 3.63) is 35.1 Å². The largest absolute Gasteiger partial charge is 0.383 e. The van der Waals surface area contributed by atoms with Gasteiger partial charge in [-0.25, -0.2) is 13.2 Å². The van der Waals surface area contributed by atoms with Gasteiger partial charge in [0.2, 0.25) is 0 Å². The fourth-order valence-electron chi connectivity index (χ4n) is 1.89. The van der Waals surface area contributed by atoms with Crippen molar-refractivity contribution in [1.29, 1.82) is 0 Å². The second kappa shape index (κ2) is 7.99. The molecule has 0 fully saturated rings. The van der Waals surface area contributed by atoms with Crippen LogP contribution in [0.1, 0.15) is 17.3 Å². The topological polar surface area (TPSA) is 38.8 Å². The zero-order chi connectivity index (χ0) is 16.0. The Kier molecular flexibility index (Phi) is 6.64. The van der Waals surface area contributed by atoms with Crippen molar-refractivity contribution in [2.24, 2.45) is 0 Å². The highest BCUT2D eigenvalue weighted by molar-refractivity contribution is 5.94. The van der Waals surface area contributed by atoms with Gasteiger partial charge in [-0.3, -0.25) is 4.79 Å². The summed E-state index contributed by atoms with van der Waals surface area (Å²) in [5.41, 5.74) is -0.259. The normalized spacial score (nSPS) is 12.3. The van der Waals surface area contributed by atoms with E-state index in [1.807, 2.05) is 0 Å². The van der Waals surface area contributed by atoms with E-state index in [0.717, 1.165) is 0 Å². The third kappa shape index (κ3) is 4.44. The lowest BCUT2D eigenvalue weighted by Gasteiger charge is -2.28. The van der Waals surface area contributed by atoms with Crippen LogP contribution in [-0.4, -0.2) is 50.8 Å². The molecule has 0 aliphatic carbocycles. The minimum absolute atomic E-state index is 0.223. The summed E-state index contributed by atoms with van der Waals surface area (Å²) in [6, 6.07) is 1.04. The SMILES string of the molecule is COCCN(C(=O)c1cc(F)c(F)c(F)c1)C(C)COC. The third-order valence-corrected chi connectivity index (χ3v) is 2.97. The van der Waals surface area contributed by atoms with E-state index in [-0.39, 0.29) is 31.4 Å². The molecule has 1 rings (SSSR count). The minimum Gasteiger partial charge on any atom is -0.383 e. The molecule has 1 aromatic rings. The van der Waals surface area contributed by atoms with Gasteiger partial charge in [-0.1, -0.05) is 0 Å². The van der Waals surface area contributed by atoms with E-state index in [1.54, 1.807) is 6.92 Å².